The molecule has 0 saturated carbocycles. The molecule has 5 heterocycles. The number of hydrogen-bond acceptors (Lipinski definition) is 10. The van der Waals surface area contributed by atoms with Gasteiger partial charge in [-0.25, -0.2) is 34.0 Å². The van der Waals surface area contributed by atoms with E-state index in [2.05, 4.69) is 51.6 Å². The maximum absolute atomic E-state index is 11.6. The number of hydrogen-bond donors (Lipinski definition) is 5. The van der Waals surface area contributed by atoms with Gasteiger partial charge < -0.3 is 16.0 Å². The first-order valence-electron chi connectivity index (χ1n) is 15.2. The largest absolute Gasteiger partial charge is 0.338 e. The van der Waals surface area contributed by atoms with E-state index in [1.54, 1.807) is 16.8 Å². The summed E-state index contributed by atoms with van der Waals surface area (Å²) in [6.07, 6.45) is 5.17. The number of fused-ring (bicyclic) bond motifs is 3. The highest BCUT2D eigenvalue weighted by Gasteiger charge is 2.11. The van der Waals surface area contributed by atoms with Crippen LogP contribution in [0.3, 0.4) is 0 Å². The van der Waals surface area contributed by atoms with Crippen LogP contribution in [0.25, 0.3) is 48.3 Å². The summed E-state index contributed by atoms with van der Waals surface area (Å²) in [6, 6.07) is 19.0. The Morgan fingerprint density at radius 2 is 1.27 bits per heavy atom. The number of benzene rings is 2. The molecule has 5 amide bonds. The van der Waals surface area contributed by atoms with E-state index in [0.717, 1.165) is 48.3 Å². The van der Waals surface area contributed by atoms with Gasteiger partial charge in [-0.1, -0.05) is 34.8 Å². The van der Waals surface area contributed by atoms with Crippen molar-refractivity contribution in [2.45, 2.75) is 20.8 Å². The minimum atomic E-state index is -0.264. The van der Waals surface area contributed by atoms with Crippen LogP contribution in [0.2, 0.25) is 0 Å². The van der Waals surface area contributed by atoms with E-state index < -0.39 is 0 Å². The highest BCUT2D eigenvalue weighted by molar-refractivity contribution is 7.22. The third-order valence-electron chi connectivity index (χ3n) is 6.90. The first-order valence-corrected chi connectivity index (χ1v) is 16.9. The van der Waals surface area contributed by atoms with E-state index in [1.165, 1.54) is 35.9 Å². The zero-order valence-electron chi connectivity index (χ0n) is 26.6. The zero-order valence-corrected chi connectivity index (χ0v) is 28.3. The molecule has 14 nitrogen and oxygen atoms in total. The number of rotatable bonds is 7. The van der Waals surface area contributed by atoms with Gasteiger partial charge in [-0.2, -0.15) is 5.10 Å². The van der Waals surface area contributed by atoms with Crippen LogP contribution in [0.5, 0.6) is 0 Å². The van der Waals surface area contributed by atoms with Crippen molar-refractivity contribution >= 4 is 82.8 Å². The van der Waals surface area contributed by atoms with Crippen LogP contribution in [-0.4, -0.2) is 60.6 Å². The molecule has 0 aliphatic carbocycles. The number of urea groups is 2. The van der Waals surface area contributed by atoms with Crippen molar-refractivity contribution in [3.8, 4) is 22.3 Å². The summed E-state index contributed by atoms with van der Waals surface area (Å²) in [5.74, 6) is 0.357. The predicted octanol–water partition coefficient (Wildman–Crippen LogP) is 6.61. The molecule has 7 aromatic rings. The van der Waals surface area contributed by atoms with Gasteiger partial charge in [0.2, 0.25) is 5.91 Å². The summed E-state index contributed by atoms with van der Waals surface area (Å²) < 4.78 is 3.74. The van der Waals surface area contributed by atoms with Gasteiger partial charge in [0.1, 0.15) is 12.1 Å². The number of nitrogens with zero attached hydrogens (tertiary/aromatic N) is 6. The molecule has 0 aliphatic rings. The fourth-order valence-electron chi connectivity index (χ4n) is 4.73. The van der Waals surface area contributed by atoms with Crippen molar-refractivity contribution in [3.05, 3.63) is 79.4 Å². The fourth-order valence-corrected chi connectivity index (χ4v) is 6.41. The Morgan fingerprint density at radius 1 is 0.694 bits per heavy atom. The number of carbonyl (C=O) groups is 3. The molecule has 0 aliphatic heterocycles. The molecule has 0 spiro atoms. The third kappa shape index (κ3) is 8.11. The number of carbonyl (C=O) groups excluding carboxylic acids is 3. The van der Waals surface area contributed by atoms with Crippen LogP contribution >= 0.6 is 22.7 Å². The number of nitrogens with one attached hydrogen (secondary N) is 5. The first-order chi connectivity index (χ1) is 23.8. The van der Waals surface area contributed by atoms with Gasteiger partial charge in [0.15, 0.2) is 15.9 Å². The lowest BCUT2D eigenvalue weighted by atomic mass is 10.1. The van der Waals surface area contributed by atoms with Crippen molar-refractivity contribution < 1.29 is 14.4 Å². The van der Waals surface area contributed by atoms with Crippen molar-refractivity contribution in [1.82, 2.24) is 40.2 Å². The molecule has 0 atom stereocenters. The van der Waals surface area contributed by atoms with Crippen molar-refractivity contribution in [3.63, 3.8) is 0 Å². The van der Waals surface area contributed by atoms with Gasteiger partial charge in [-0.3, -0.25) is 15.4 Å². The minimum Gasteiger partial charge on any atom is -0.338 e. The number of amides is 5. The molecule has 7 rings (SSSR count). The topological polar surface area (TPSA) is 180 Å². The molecule has 2 aromatic carbocycles. The number of thiazole rings is 2. The molecule has 0 bridgehead atoms. The first kappa shape index (κ1) is 32.9. The number of aromatic nitrogens is 6. The quantitative estimate of drug-likeness (QED) is 0.124. The lowest BCUT2D eigenvalue weighted by Crippen LogP contribution is -2.28. The Labute approximate surface area is 288 Å². The molecular formula is C33H31N11O3S2. The average Bonchev–Trinajstić information content (AvgIpc) is 3.82. The van der Waals surface area contributed by atoms with E-state index >= 15 is 0 Å². The molecule has 0 radical (unpaired) electrons. The molecule has 0 unspecified atom stereocenters. The summed E-state index contributed by atoms with van der Waals surface area (Å²) in [5.41, 5.74) is 6.41. The summed E-state index contributed by atoms with van der Waals surface area (Å²) in [4.78, 5) is 51.5. The second-order valence-corrected chi connectivity index (χ2v) is 12.5. The smallest absolute Gasteiger partial charge is 0.321 e. The Kier molecular flexibility index (Phi) is 9.96. The Balaban J connectivity index is 0.000000170. The van der Waals surface area contributed by atoms with E-state index in [-0.39, 0.29) is 18.0 Å². The van der Waals surface area contributed by atoms with E-state index in [1.807, 2.05) is 74.6 Å². The summed E-state index contributed by atoms with van der Waals surface area (Å²) in [5, 5.41) is 18.8. The van der Waals surface area contributed by atoms with Crippen LogP contribution in [-0.2, 0) is 4.79 Å². The maximum atomic E-state index is 11.6. The van der Waals surface area contributed by atoms with Gasteiger partial charge in [0, 0.05) is 43.5 Å². The lowest BCUT2D eigenvalue weighted by Gasteiger charge is -2.04. The van der Waals surface area contributed by atoms with Gasteiger partial charge in [-0.05, 0) is 73.5 Å². The lowest BCUT2D eigenvalue weighted by molar-refractivity contribution is -0.114. The SMILES string of the molecule is CCNC(=O)Nc1nc2cc(-c3ccc(NC(C)=O)nc3)ccc2s1.CCNC(=O)Nc1nc2cc(-c3ccc4ncnn4c3)ccc2s1. The van der Waals surface area contributed by atoms with Gasteiger partial charge in [-0.15, -0.1) is 0 Å². The van der Waals surface area contributed by atoms with Gasteiger partial charge in [0.25, 0.3) is 0 Å². The number of pyridine rings is 2. The summed E-state index contributed by atoms with van der Waals surface area (Å²) >= 11 is 2.87. The van der Waals surface area contributed by atoms with Gasteiger partial charge in [0.05, 0.1) is 20.4 Å². The standard InChI is InChI=1S/C17H17N5O2S.C16H14N6OS/c1-3-18-16(24)22-17-21-13-8-11(4-6-14(13)25-17)12-5-7-15(19-9-12)20-10(2)23;1-2-17-15(23)21-16-20-12-7-10(3-5-13(12)24-16)11-4-6-14-18-9-19-22(14)8-11/h4-9H,3H2,1-2H3,(H,19,20,23)(H2,18,21,22,24);3-9H,2H2,1H3,(H2,17,20,21,23). The number of anilines is 3. The van der Waals surface area contributed by atoms with Crippen LogP contribution in [0.15, 0.2) is 79.4 Å². The molecule has 248 valence electrons. The molecule has 0 fully saturated rings. The van der Waals surface area contributed by atoms with E-state index in [9.17, 15) is 14.4 Å². The fraction of sp³-hybridized carbons (Fsp3) is 0.152. The highest BCUT2D eigenvalue weighted by Crippen LogP contribution is 2.31. The second-order valence-electron chi connectivity index (χ2n) is 10.5. The van der Waals surface area contributed by atoms with Crippen molar-refractivity contribution in [1.29, 1.82) is 0 Å². The summed E-state index contributed by atoms with van der Waals surface area (Å²) in [7, 11) is 0. The molecule has 16 heteroatoms. The predicted molar refractivity (Wildman–Crippen MR) is 194 cm³/mol. The Bertz CT molecular complexity index is 2280. The van der Waals surface area contributed by atoms with Crippen molar-refractivity contribution in [2.75, 3.05) is 29.0 Å². The van der Waals surface area contributed by atoms with E-state index in [4.69, 9.17) is 0 Å². The van der Waals surface area contributed by atoms with Crippen LogP contribution in [0.4, 0.5) is 25.7 Å². The monoisotopic (exact) mass is 693 g/mol. The molecule has 0 saturated heterocycles. The zero-order chi connectivity index (χ0) is 34.3. The highest BCUT2D eigenvalue weighted by atomic mass is 32.1. The molecule has 5 aromatic heterocycles. The Hall–Kier alpha value is -6.00. The second kappa shape index (κ2) is 14.8. The Morgan fingerprint density at radius 3 is 1.82 bits per heavy atom. The minimum absolute atomic E-state index is 0.156. The maximum Gasteiger partial charge on any atom is 0.321 e. The third-order valence-corrected chi connectivity index (χ3v) is 8.80. The molecular weight excluding hydrogens is 663 g/mol. The van der Waals surface area contributed by atoms with E-state index in [0.29, 0.717) is 29.2 Å². The van der Waals surface area contributed by atoms with Crippen LogP contribution in [0.1, 0.15) is 20.8 Å². The molecule has 49 heavy (non-hydrogen) atoms. The normalized spacial score (nSPS) is 10.8. The van der Waals surface area contributed by atoms with Crippen LogP contribution in [0, 0.1) is 0 Å². The van der Waals surface area contributed by atoms with Crippen LogP contribution < -0.4 is 26.6 Å². The van der Waals surface area contributed by atoms with Crippen molar-refractivity contribution in [2.24, 2.45) is 0 Å². The average molecular weight is 694 g/mol. The van der Waals surface area contributed by atoms with Gasteiger partial charge >= 0.3 is 12.1 Å². The molecule has 5 N–H and O–H groups in total. The summed E-state index contributed by atoms with van der Waals surface area (Å²) in [6.45, 7) is 6.30.